The molecule has 0 saturated carbocycles. The fourth-order valence-electron chi connectivity index (χ4n) is 5.18. The van der Waals surface area contributed by atoms with Crippen LogP contribution in [0.5, 0.6) is 0 Å². The van der Waals surface area contributed by atoms with E-state index in [0.29, 0.717) is 5.92 Å². The van der Waals surface area contributed by atoms with Crippen molar-refractivity contribution < 1.29 is 30.0 Å². The van der Waals surface area contributed by atoms with Gasteiger partial charge in [0.2, 0.25) is 0 Å². The molecule has 0 bridgehead atoms. The second-order valence-electron chi connectivity index (χ2n) is 12.7. The van der Waals surface area contributed by atoms with E-state index in [-0.39, 0.29) is 42.5 Å². The Balaban J connectivity index is 0.000000318. The zero-order valence-electron chi connectivity index (χ0n) is 27.8. The average Bonchev–Trinajstić information content (AvgIpc) is 3.38. The summed E-state index contributed by atoms with van der Waals surface area (Å²) in [5.41, 5.74) is 5.05. The van der Waals surface area contributed by atoms with Crippen molar-refractivity contribution in [3.63, 3.8) is 0 Å². The van der Waals surface area contributed by atoms with Gasteiger partial charge in [-0.05, 0) is 55.5 Å². The number of aromatic nitrogens is 1. The van der Waals surface area contributed by atoms with Gasteiger partial charge in [0.15, 0.2) is 5.78 Å². The summed E-state index contributed by atoms with van der Waals surface area (Å²) >= 11 is 1.89. The van der Waals surface area contributed by atoms with E-state index in [9.17, 15) is 9.90 Å². The third kappa shape index (κ3) is 8.65. The number of fused-ring (bicyclic) bond motifs is 3. The molecule has 0 amide bonds. The normalized spacial score (nSPS) is 12.3. The van der Waals surface area contributed by atoms with Crippen molar-refractivity contribution >= 4 is 38.1 Å². The second-order valence-corrected chi connectivity index (χ2v) is 13.9. The Morgan fingerprint density at radius 1 is 0.953 bits per heavy atom. The summed E-state index contributed by atoms with van der Waals surface area (Å²) in [6.07, 6.45) is 5.87. The van der Waals surface area contributed by atoms with Crippen LogP contribution in [-0.2, 0) is 31.3 Å². The molecule has 0 spiro atoms. The number of thiophene rings is 1. The number of carbonyl (C=O) groups is 1. The molecule has 1 N–H and O–H groups in total. The van der Waals surface area contributed by atoms with Crippen molar-refractivity contribution in [2.45, 2.75) is 101 Å². The fraction of sp³-hybridized carbons (Fsp3) is 0.474. The van der Waals surface area contributed by atoms with Gasteiger partial charge in [-0.15, -0.1) is 46.2 Å². The minimum Gasteiger partial charge on any atom is -0.512 e. The monoisotopic (exact) mass is 777 g/mol. The Morgan fingerprint density at radius 2 is 1.56 bits per heavy atom. The predicted octanol–water partition coefficient (Wildman–Crippen LogP) is 11.4. The van der Waals surface area contributed by atoms with Gasteiger partial charge in [0, 0.05) is 57.7 Å². The third-order valence-electron chi connectivity index (χ3n) is 9.04. The number of ketones is 1. The van der Waals surface area contributed by atoms with E-state index < -0.39 is 0 Å². The Morgan fingerprint density at radius 3 is 2.12 bits per heavy atom. The van der Waals surface area contributed by atoms with Crippen LogP contribution >= 0.6 is 11.3 Å². The number of hydrogen-bond acceptors (Lipinski definition) is 4. The number of benzene rings is 2. The zero-order chi connectivity index (χ0) is 31.2. The topological polar surface area (TPSA) is 50.2 Å². The van der Waals surface area contributed by atoms with Gasteiger partial charge in [-0.3, -0.25) is 9.78 Å². The number of aliphatic hydroxyl groups excluding tert-OH is 1. The Hall–Kier alpha value is -2.33. The first-order chi connectivity index (χ1) is 19.8. The summed E-state index contributed by atoms with van der Waals surface area (Å²) in [7, 11) is 0. The first-order valence-corrected chi connectivity index (χ1v) is 16.4. The maximum Gasteiger partial charge on any atom is 0.164 e. The number of aliphatic hydroxyl groups is 1. The van der Waals surface area contributed by atoms with Gasteiger partial charge >= 0.3 is 0 Å². The van der Waals surface area contributed by atoms with Crippen LogP contribution in [0.3, 0.4) is 0 Å². The van der Waals surface area contributed by atoms with Gasteiger partial charge in [0.05, 0.1) is 5.52 Å². The third-order valence-corrected chi connectivity index (χ3v) is 10.2. The number of allylic oxidation sites excluding steroid dienone is 2. The number of hydrogen-bond donors (Lipinski definition) is 1. The van der Waals surface area contributed by atoms with Gasteiger partial charge in [-0.2, -0.15) is 0 Å². The van der Waals surface area contributed by atoms with Gasteiger partial charge < -0.3 is 5.11 Å². The number of rotatable bonds is 10. The molecule has 1 radical (unpaired) electrons. The van der Waals surface area contributed by atoms with Gasteiger partial charge in [-0.25, -0.2) is 0 Å². The van der Waals surface area contributed by atoms with Crippen molar-refractivity contribution in [3.8, 4) is 11.3 Å². The molecular formula is C38H50IrNO2S-. The SMILES string of the molecule is CCC(C)(CC)C(=O)/C=C(\O)C(C)(CC)CC.Cc1[c-]c(-c2nc3ccccc3c3cc(CC(C)C)sc23)cc(C)c1.[Ir]. The van der Waals surface area contributed by atoms with E-state index in [1.54, 1.807) is 0 Å². The average molecular weight is 777 g/mol. The molecule has 0 saturated heterocycles. The van der Waals surface area contributed by atoms with Crippen LogP contribution in [-0.4, -0.2) is 15.9 Å². The molecule has 4 rings (SSSR count). The number of carbonyl (C=O) groups excluding carboxylic acids is 1. The smallest absolute Gasteiger partial charge is 0.164 e. The molecule has 0 fully saturated rings. The Labute approximate surface area is 277 Å². The Kier molecular flexibility index (Phi) is 13.4. The molecule has 5 heteroatoms. The van der Waals surface area contributed by atoms with Crippen molar-refractivity contribution in [2.24, 2.45) is 16.7 Å². The summed E-state index contributed by atoms with van der Waals surface area (Å²) < 4.78 is 1.29. The number of nitrogens with zero attached hydrogens (tertiary/aromatic N) is 1. The molecule has 0 aliphatic rings. The summed E-state index contributed by atoms with van der Waals surface area (Å²) in [6, 6.07) is 18.7. The second kappa shape index (κ2) is 15.6. The quantitative estimate of drug-likeness (QED) is 0.0991. The van der Waals surface area contributed by atoms with E-state index in [0.717, 1.165) is 54.4 Å². The first-order valence-electron chi connectivity index (χ1n) is 15.6. The summed E-state index contributed by atoms with van der Waals surface area (Å²) in [6.45, 7) is 20.9. The molecule has 0 aliphatic carbocycles. The Bertz CT molecular complexity index is 1540. The van der Waals surface area contributed by atoms with Crippen LogP contribution in [0.25, 0.3) is 32.2 Å². The van der Waals surface area contributed by atoms with Gasteiger partial charge in [0.1, 0.15) is 5.76 Å². The predicted molar refractivity (Wildman–Crippen MR) is 183 cm³/mol. The molecule has 43 heavy (non-hydrogen) atoms. The van der Waals surface area contributed by atoms with Crippen molar-refractivity contribution in [3.05, 3.63) is 76.4 Å². The molecule has 0 unspecified atom stereocenters. The van der Waals surface area contributed by atoms with E-state index >= 15 is 0 Å². The number of aryl methyl sites for hydroxylation is 2. The molecule has 235 valence electrons. The summed E-state index contributed by atoms with van der Waals surface area (Å²) in [5.74, 6) is 0.942. The maximum absolute atomic E-state index is 12.2. The van der Waals surface area contributed by atoms with E-state index in [2.05, 4.69) is 76.2 Å². The molecule has 0 aliphatic heterocycles. The number of pyridine rings is 1. The molecule has 3 nitrogen and oxygen atoms in total. The molecular weight excluding hydrogens is 727 g/mol. The standard InChI is InChI=1S/C23H22NS.C15H28O2.Ir/c1-14(2)9-18-13-20-19-7-5-6-8-21(19)24-22(23(20)25-18)17-11-15(3)10-16(4)12-17;1-7-14(5,8-2)12(16)11-13(17)15(6,9-3)10-4;/h5-8,10-11,13-14H,9H2,1-4H3;11,16H,7-10H2,1-6H3;/q-1;;/b;12-11-;. The maximum atomic E-state index is 12.2. The van der Waals surface area contributed by atoms with Crippen LogP contribution in [0.1, 0.15) is 97.1 Å². The summed E-state index contributed by atoms with van der Waals surface area (Å²) in [4.78, 5) is 18.6. The van der Waals surface area contributed by atoms with Crippen molar-refractivity contribution in [1.29, 1.82) is 0 Å². The molecule has 2 aromatic heterocycles. The van der Waals surface area contributed by atoms with Crippen LogP contribution in [0.15, 0.2) is 54.3 Å². The molecule has 2 heterocycles. The fourth-order valence-corrected chi connectivity index (χ4v) is 6.57. The van der Waals surface area contributed by atoms with Crippen molar-refractivity contribution in [2.75, 3.05) is 0 Å². The molecule has 4 aromatic rings. The largest absolute Gasteiger partial charge is 0.512 e. The molecule has 0 atom stereocenters. The number of para-hydroxylation sites is 1. The van der Waals surface area contributed by atoms with Crippen LogP contribution in [0, 0.1) is 36.7 Å². The molecule has 2 aromatic carbocycles. The van der Waals surface area contributed by atoms with Crippen molar-refractivity contribution in [1.82, 2.24) is 4.98 Å². The van der Waals surface area contributed by atoms with Crippen LogP contribution in [0.4, 0.5) is 0 Å². The van der Waals surface area contributed by atoms with Crippen LogP contribution < -0.4 is 0 Å². The first kappa shape index (κ1) is 36.9. The minimum atomic E-state index is -0.337. The minimum absolute atomic E-state index is 0. The van der Waals surface area contributed by atoms with E-state index in [1.165, 1.54) is 32.0 Å². The van der Waals surface area contributed by atoms with Crippen LogP contribution in [0.2, 0.25) is 0 Å². The van der Waals surface area contributed by atoms with Gasteiger partial charge in [-0.1, -0.05) is 87.4 Å². The van der Waals surface area contributed by atoms with E-state index in [1.807, 2.05) is 52.9 Å². The zero-order valence-corrected chi connectivity index (χ0v) is 31.0. The van der Waals surface area contributed by atoms with E-state index in [4.69, 9.17) is 4.98 Å². The van der Waals surface area contributed by atoms with Gasteiger partial charge in [0.25, 0.3) is 0 Å². The summed E-state index contributed by atoms with van der Waals surface area (Å²) in [5, 5.41) is 12.7.